The lowest BCUT2D eigenvalue weighted by atomic mass is 9.79. The van der Waals surface area contributed by atoms with Crippen LogP contribution < -0.4 is 10.9 Å². The van der Waals surface area contributed by atoms with Crippen molar-refractivity contribution in [3.8, 4) is 0 Å². The Morgan fingerprint density at radius 3 is 1.78 bits per heavy atom. The molecular formula is C24H34B2N2O8. The van der Waals surface area contributed by atoms with Gasteiger partial charge in [-0.25, -0.2) is 9.59 Å². The van der Waals surface area contributed by atoms with Crippen molar-refractivity contribution in [1.29, 1.82) is 0 Å². The van der Waals surface area contributed by atoms with Gasteiger partial charge in [0.2, 0.25) is 0 Å². The van der Waals surface area contributed by atoms with Gasteiger partial charge in [-0.2, -0.15) is 0 Å². The van der Waals surface area contributed by atoms with Crippen molar-refractivity contribution in [2.75, 3.05) is 13.2 Å². The van der Waals surface area contributed by atoms with Gasteiger partial charge >= 0.3 is 26.2 Å². The second-order valence-electron chi connectivity index (χ2n) is 9.21. The second-order valence-corrected chi connectivity index (χ2v) is 9.21. The summed E-state index contributed by atoms with van der Waals surface area (Å²) in [5, 5.41) is 17.8. The molecule has 0 unspecified atom stereocenters. The first-order valence-electron chi connectivity index (χ1n) is 11.7. The third-order valence-electron chi connectivity index (χ3n) is 6.03. The summed E-state index contributed by atoms with van der Waals surface area (Å²) in [6.45, 7) is 15.5. The lowest BCUT2D eigenvalue weighted by molar-refractivity contribution is 0.00578. The van der Waals surface area contributed by atoms with E-state index >= 15 is 0 Å². The Labute approximate surface area is 212 Å². The molecule has 1 fully saturated rings. The molecule has 0 aromatic carbocycles. The SMILES string of the molecule is CCOC(=O)c1cc(B(O)O)cnc1C.CCOC(=O)c1cc(B2OC(C)(C)C(C)(C)O2)cnc1C. The first kappa shape index (κ1) is 29.4. The first-order chi connectivity index (χ1) is 16.7. The summed E-state index contributed by atoms with van der Waals surface area (Å²) < 4.78 is 21.8. The van der Waals surface area contributed by atoms with Crippen LogP contribution in [0, 0.1) is 13.8 Å². The van der Waals surface area contributed by atoms with Crippen molar-refractivity contribution in [1.82, 2.24) is 9.97 Å². The molecule has 2 aromatic rings. The molecule has 0 amide bonds. The lowest BCUT2D eigenvalue weighted by Crippen LogP contribution is -2.41. The summed E-state index contributed by atoms with van der Waals surface area (Å²) in [4.78, 5) is 31.5. The van der Waals surface area contributed by atoms with Gasteiger partial charge in [0.25, 0.3) is 0 Å². The van der Waals surface area contributed by atoms with Crippen molar-refractivity contribution in [2.24, 2.45) is 0 Å². The minimum Gasteiger partial charge on any atom is -0.462 e. The van der Waals surface area contributed by atoms with Crippen LogP contribution in [0.25, 0.3) is 0 Å². The van der Waals surface area contributed by atoms with Crippen molar-refractivity contribution in [2.45, 2.75) is 66.6 Å². The fraction of sp³-hybridized carbons (Fsp3) is 0.500. The number of nitrogens with zero attached hydrogens (tertiary/aromatic N) is 2. The summed E-state index contributed by atoms with van der Waals surface area (Å²) in [5.41, 5.74) is 1.88. The maximum atomic E-state index is 11.9. The second kappa shape index (κ2) is 12.0. The van der Waals surface area contributed by atoms with Crippen LogP contribution in [0.2, 0.25) is 0 Å². The predicted molar refractivity (Wildman–Crippen MR) is 135 cm³/mol. The maximum Gasteiger partial charge on any atom is 0.496 e. The predicted octanol–water partition coefficient (Wildman–Crippen LogP) is 1.11. The van der Waals surface area contributed by atoms with E-state index in [1.54, 1.807) is 40.0 Å². The molecule has 0 bridgehead atoms. The molecule has 0 aliphatic carbocycles. The Bertz CT molecular complexity index is 1080. The highest BCUT2D eigenvalue weighted by atomic mass is 16.7. The number of esters is 2. The van der Waals surface area contributed by atoms with Gasteiger partial charge in [0.05, 0.1) is 46.9 Å². The van der Waals surface area contributed by atoms with E-state index in [-0.39, 0.29) is 23.6 Å². The summed E-state index contributed by atoms with van der Waals surface area (Å²) in [5.74, 6) is -0.883. The number of aromatic nitrogens is 2. The van der Waals surface area contributed by atoms with Gasteiger partial charge < -0.3 is 28.8 Å². The Kier molecular flexibility index (Phi) is 9.78. The number of carbonyl (C=O) groups is 2. The largest absolute Gasteiger partial charge is 0.496 e. The number of carbonyl (C=O) groups excluding carboxylic acids is 2. The number of hydrogen-bond acceptors (Lipinski definition) is 10. The zero-order chi connectivity index (χ0) is 27.3. The molecule has 2 aromatic heterocycles. The zero-order valence-corrected chi connectivity index (χ0v) is 22.1. The molecule has 1 aliphatic rings. The van der Waals surface area contributed by atoms with Gasteiger partial charge in [0, 0.05) is 23.3 Å². The van der Waals surface area contributed by atoms with Crippen LogP contribution in [0.5, 0.6) is 0 Å². The van der Waals surface area contributed by atoms with Gasteiger partial charge in [0.15, 0.2) is 0 Å². The molecule has 0 saturated carbocycles. The van der Waals surface area contributed by atoms with E-state index in [2.05, 4.69) is 9.97 Å². The van der Waals surface area contributed by atoms with Crippen LogP contribution in [-0.4, -0.2) is 70.6 Å². The Morgan fingerprint density at radius 1 is 0.889 bits per heavy atom. The molecule has 3 heterocycles. The van der Waals surface area contributed by atoms with E-state index in [4.69, 9.17) is 28.8 Å². The highest BCUT2D eigenvalue weighted by molar-refractivity contribution is 6.62. The third-order valence-corrected chi connectivity index (χ3v) is 6.03. The molecule has 1 saturated heterocycles. The summed E-state index contributed by atoms with van der Waals surface area (Å²) in [7, 11) is -2.16. The summed E-state index contributed by atoms with van der Waals surface area (Å²) >= 11 is 0. The van der Waals surface area contributed by atoms with Crippen molar-refractivity contribution in [3.05, 3.63) is 47.0 Å². The van der Waals surface area contributed by atoms with Gasteiger partial charge in [-0.3, -0.25) is 9.97 Å². The number of rotatable bonds is 6. The van der Waals surface area contributed by atoms with Crippen LogP contribution in [0.1, 0.15) is 73.6 Å². The molecule has 12 heteroatoms. The fourth-order valence-electron chi connectivity index (χ4n) is 3.18. The molecule has 0 radical (unpaired) electrons. The summed E-state index contributed by atoms with van der Waals surface area (Å²) in [6, 6.07) is 3.10. The molecule has 1 aliphatic heterocycles. The normalized spacial score (nSPS) is 15.6. The highest BCUT2D eigenvalue weighted by Gasteiger charge is 2.52. The van der Waals surface area contributed by atoms with Gasteiger partial charge in [-0.05, 0) is 67.5 Å². The Hall–Kier alpha value is -2.79. The number of pyridine rings is 2. The van der Waals surface area contributed by atoms with Crippen LogP contribution in [0.4, 0.5) is 0 Å². The standard InChI is InChI=1S/C15H22BNO4.C9H12BNO4/c1-7-19-13(18)12-8-11(9-17-10(12)2)16-20-14(3,4)15(5,6)21-16;1-3-15-9(12)8-4-7(10(13)14)5-11-6(8)2/h8-9H,7H2,1-6H3;4-5,13-14H,3H2,1-2H3. The van der Waals surface area contributed by atoms with Crippen molar-refractivity contribution >= 4 is 37.1 Å². The Morgan fingerprint density at radius 2 is 1.33 bits per heavy atom. The quantitative estimate of drug-likeness (QED) is 0.439. The molecule has 36 heavy (non-hydrogen) atoms. The first-order valence-corrected chi connectivity index (χ1v) is 11.7. The van der Waals surface area contributed by atoms with E-state index in [9.17, 15) is 9.59 Å². The van der Waals surface area contributed by atoms with E-state index in [0.29, 0.717) is 23.6 Å². The van der Waals surface area contributed by atoms with Crippen LogP contribution in [0.3, 0.4) is 0 Å². The number of ether oxygens (including phenoxy) is 2. The van der Waals surface area contributed by atoms with Crippen molar-refractivity contribution < 1.29 is 38.4 Å². The molecule has 0 spiro atoms. The van der Waals surface area contributed by atoms with E-state index in [1.807, 2.05) is 27.7 Å². The smallest absolute Gasteiger partial charge is 0.462 e. The molecule has 3 rings (SSSR count). The van der Waals surface area contributed by atoms with E-state index in [1.165, 1.54) is 12.3 Å². The molecule has 2 N–H and O–H groups in total. The topological polar surface area (TPSA) is 137 Å². The monoisotopic (exact) mass is 500 g/mol. The highest BCUT2D eigenvalue weighted by Crippen LogP contribution is 2.36. The molecule has 0 atom stereocenters. The maximum absolute atomic E-state index is 11.9. The number of aryl methyl sites for hydroxylation is 2. The van der Waals surface area contributed by atoms with Crippen LogP contribution in [-0.2, 0) is 18.8 Å². The van der Waals surface area contributed by atoms with Crippen LogP contribution >= 0.6 is 0 Å². The van der Waals surface area contributed by atoms with Gasteiger partial charge in [-0.15, -0.1) is 0 Å². The molecule has 10 nitrogen and oxygen atoms in total. The van der Waals surface area contributed by atoms with Gasteiger partial charge in [-0.1, -0.05) is 0 Å². The minimum atomic E-state index is -1.63. The van der Waals surface area contributed by atoms with E-state index < -0.39 is 31.4 Å². The molecule has 194 valence electrons. The van der Waals surface area contributed by atoms with Crippen molar-refractivity contribution in [3.63, 3.8) is 0 Å². The van der Waals surface area contributed by atoms with Gasteiger partial charge in [0.1, 0.15) is 0 Å². The van der Waals surface area contributed by atoms with E-state index in [0.717, 1.165) is 5.46 Å². The lowest BCUT2D eigenvalue weighted by Gasteiger charge is -2.32. The third kappa shape index (κ3) is 6.91. The molecular weight excluding hydrogens is 466 g/mol. The number of hydrogen-bond donors (Lipinski definition) is 2. The Balaban J connectivity index is 0.000000269. The average Bonchev–Trinajstić information content (AvgIpc) is 3.01. The summed E-state index contributed by atoms with van der Waals surface area (Å²) in [6.07, 6.45) is 2.99. The zero-order valence-electron chi connectivity index (χ0n) is 22.1. The van der Waals surface area contributed by atoms with Crippen LogP contribution in [0.15, 0.2) is 24.5 Å². The average molecular weight is 500 g/mol. The minimum absolute atomic E-state index is 0.170. The fourth-order valence-corrected chi connectivity index (χ4v) is 3.18.